The van der Waals surface area contributed by atoms with Crippen LogP contribution in [0.5, 0.6) is 5.75 Å². The molecule has 0 atom stereocenters. The molecule has 2 bridgehead atoms. The second kappa shape index (κ2) is 6.94. The Bertz CT molecular complexity index is 956. The van der Waals surface area contributed by atoms with Gasteiger partial charge in [-0.2, -0.15) is 4.31 Å². The number of carbonyl (C=O) groups is 1. The van der Waals surface area contributed by atoms with Gasteiger partial charge in [-0.15, -0.1) is 0 Å². The molecular weight excluding hydrogens is 366 g/mol. The zero-order valence-electron chi connectivity index (χ0n) is 15.0. The minimum Gasteiger partial charge on any atom is -0.493 e. The molecule has 1 amide bonds. The van der Waals surface area contributed by atoms with Crippen molar-refractivity contribution < 1.29 is 17.9 Å². The van der Waals surface area contributed by atoms with Gasteiger partial charge >= 0.3 is 0 Å². The average Bonchev–Trinajstić information content (AvgIpc) is 3.30. The molecular formula is C19H21N3O4S. The zero-order chi connectivity index (χ0) is 19.0. The van der Waals surface area contributed by atoms with E-state index in [0.29, 0.717) is 5.75 Å². The molecule has 0 radical (unpaired) electrons. The molecule has 142 valence electrons. The van der Waals surface area contributed by atoms with Crippen LogP contribution in [0.2, 0.25) is 0 Å². The highest BCUT2D eigenvalue weighted by molar-refractivity contribution is 7.89. The molecule has 4 rings (SSSR count). The minimum atomic E-state index is -3.60. The Morgan fingerprint density at radius 3 is 2.52 bits per heavy atom. The van der Waals surface area contributed by atoms with Gasteiger partial charge in [-0.3, -0.25) is 4.79 Å². The maximum absolute atomic E-state index is 13.1. The summed E-state index contributed by atoms with van der Waals surface area (Å²) in [4.78, 5) is 16.9. The lowest BCUT2D eigenvalue weighted by molar-refractivity contribution is 0.102. The van der Waals surface area contributed by atoms with Crippen LogP contribution in [0.3, 0.4) is 0 Å². The van der Waals surface area contributed by atoms with Crippen LogP contribution in [0.4, 0.5) is 5.82 Å². The number of nitrogens with zero attached hydrogens (tertiary/aromatic N) is 2. The zero-order valence-corrected chi connectivity index (χ0v) is 15.8. The first-order valence-corrected chi connectivity index (χ1v) is 10.4. The molecule has 3 heterocycles. The van der Waals surface area contributed by atoms with E-state index in [2.05, 4.69) is 10.3 Å². The molecule has 2 aliphatic rings. The molecule has 2 fully saturated rings. The average molecular weight is 387 g/mol. The number of anilines is 1. The van der Waals surface area contributed by atoms with Crippen molar-refractivity contribution >= 4 is 21.7 Å². The fourth-order valence-electron chi connectivity index (χ4n) is 4.01. The number of pyridine rings is 1. The van der Waals surface area contributed by atoms with Crippen molar-refractivity contribution in [3.8, 4) is 5.75 Å². The Morgan fingerprint density at radius 1 is 1.15 bits per heavy atom. The van der Waals surface area contributed by atoms with E-state index in [4.69, 9.17) is 4.74 Å². The lowest BCUT2D eigenvalue weighted by Gasteiger charge is -2.21. The minimum absolute atomic E-state index is 0.0928. The van der Waals surface area contributed by atoms with E-state index in [9.17, 15) is 13.2 Å². The SMILES string of the molecule is COc1cccnc1NC(=O)c1cccc(S(=O)(=O)N2C3CCC2CC3)c1. The summed E-state index contributed by atoms with van der Waals surface area (Å²) in [6.45, 7) is 0. The van der Waals surface area contributed by atoms with Crippen molar-refractivity contribution in [2.45, 2.75) is 42.7 Å². The smallest absolute Gasteiger partial charge is 0.256 e. The van der Waals surface area contributed by atoms with Crippen molar-refractivity contribution in [2.75, 3.05) is 12.4 Å². The Balaban J connectivity index is 1.60. The largest absolute Gasteiger partial charge is 0.493 e. The van der Waals surface area contributed by atoms with E-state index >= 15 is 0 Å². The summed E-state index contributed by atoms with van der Waals surface area (Å²) in [5.41, 5.74) is 0.260. The second-order valence-electron chi connectivity index (χ2n) is 6.83. The molecule has 0 saturated carbocycles. The number of ether oxygens (including phenoxy) is 1. The fourth-order valence-corrected chi connectivity index (χ4v) is 5.98. The molecule has 0 aliphatic carbocycles. The van der Waals surface area contributed by atoms with Crippen LogP contribution in [-0.2, 0) is 10.0 Å². The van der Waals surface area contributed by atoms with Crippen LogP contribution >= 0.6 is 0 Å². The van der Waals surface area contributed by atoms with Gasteiger partial charge in [0.1, 0.15) is 0 Å². The summed E-state index contributed by atoms with van der Waals surface area (Å²) >= 11 is 0. The summed E-state index contributed by atoms with van der Waals surface area (Å²) in [6.07, 6.45) is 5.22. The van der Waals surface area contributed by atoms with Crippen LogP contribution in [0.1, 0.15) is 36.0 Å². The van der Waals surface area contributed by atoms with E-state index in [-0.39, 0.29) is 28.4 Å². The van der Waals surface area contributed by atoms with E-state index in [1.54, 1.807) is 40.8 Å². The van der Waals surface area contributed by atoms with Crippen molar-refractivity contribution in [1.82, 2.24) is 9.29 Å². The lowest BCUT2D eigenvalue weighted by Crippen LogP contribution is -2.35. The van der Waals surface area contributed by atoms with Crippen molar-refractivity contribution in [1.29, 1.82) is 0 Å². The number of amides is 1. The van der Waals surface area contributed by atoms with Gasteiger partial charge in [0.05, 0.1) is 12.0 Å². The number of sulfonamides is 1. The van der Waals surface area contributed by atoms with Crippen LogP contribution in [-0.4, -0.2) is 42.8 Å². The molecule has 2 saturated heterocycles. The summed E-state index contributed by atoms with van der Waals surface area (Å²) in [5.74, 6) is 0.285. The van der Waals surface area contributed by atoms with E-state index in [1.807, 2.05) is 0 Å². The number of carbonyl (C=O) groups excluding carboxylic acids is 1. The number of nitrogens with one attached hydrogen (secondary N) is 1. The molecule has 0 unspecified atom stereocenters. The predicted molar refractivity (Wildman–Crippen MR) is 100 cm³/mol. The quantitative estimate of drug-likeness (QED) is 0.852. The Labute approximate surface area is 158 Å². The van der Waals surface area contributed by atoms with Crippen LogP contribution < -0.4 is 10.1 Å². The normalized spacial score (nSPS) is 22.0. The summed E-state index contributed by atoms with van der Waals surface area (Å²) < 4.78 is 33.0. The first-order chi connectivity index (χ1) is 13.0. The van der Waals surface area contributed by atoms with Gasteiger partial charge < -0.3 is 10.1 Å². The van der Waals surface area contributed by atoms with Gasteiger partial charge in [-0.1, -0.05) is 6.07 Å². The van der Waals surface area contributed by atoms with Crippen LogP contribution in [0.25, 0.3) is 0 Å². The molecule has 7 nitrogen and oxygen atoms in total. The Hall–Kier alpha value is -2.45. The van der Waals surface area contributed by atoms with Gasteiger partial charge in [-0.05, 0) is 56.0 Å². The van der Waals surface area contributed by atoms with Gasteiger partial charge in [0.15, 0.2) is 11.6 Å². The molecule has 1 N–H and O–H groups in total. The van der Waals surface area contributed by atoms with E-state index in [1.165, 1.54) is 13.2 Å². The molecule has 1 aromatic carbocycles. The third-order valence-corrected chi connectivity index (χ3v) is 7.28. The lowest BCUT2D eigenvalue weighted by atomic mass is 10.0. The van der Waals surface area contributed by atoms with Gasteiger partial charge in [0.2, 0.25) is 10.0 Å². The van der Waals surface area contributed by atoms with Crippen LogP contribution in [0, 0.1) is 0 Å². The molecule has 2 aromatic rings. The monoisotopic (exact) mass is 387 g/mol. The summed E-state index contributed by atoms with van der Waals surface area (Å²) in [6, 6.07) is 9.73. The number of hydrogen-bond donors (Lipinski definition) is 1. The number of hydrogen-bond acceptors (Lipinski definition) is 5. The number of benzene rings is 1. The molecule has 27 heavy (non-hydrogen) atoms. The van der Waals surface area contributed by atoms with Gasteiger partial charge in [0, 0.05) is 23.8 Å². The van der Waals surface area contributed by atoms with Crippen molar-refractivity contribution in [3.63, 3.8) is 0 Å². The highest BCUT2D eigenvalue weighted by Crippen LogP contribution is 2.41. The predicted octanol–water partition coefficient (Wildman–Crippen LogP) is 2.66. The van der Waals surface area contributed by atoms with Crippen molar-refractivity contribution in [3.05, 3.63) is 48.2 Å². The molecule has 2 aliphatic heterocycles. The summed E-state index contributed by atoms with van der Waals surface area (Å²) in [5, 5.41) is 2.67. The number of methoxy groups -OCH3 is 1. The highest BCUT2D eigenvalue weighted by Gasteiger charge is 2.46. The van der Waals surface area contributed by atoms with E-state index in [0.717, 1.165) is 25.7 Å². The first kappa shape index (κ1) is 17.9. The number of aromatic nitrogens is 1. The topological polar surface area (TPSA) is 88.6 Å². The third-order valence-electron chi connectivity index (χ3n) is 5.28. The molecule has 0 spiro atoms. The highest BCUT2D eigenvalue weighted by atomic mass is 32.2. The standard InChI is InChI=1S/C19H21N3O4S/c1-26-17-6-3-11-20-18(17)21-19(23)13-4-2-5-16(12-13)27(24,25)22-14-7-8-15(22)10-9-14/h2-6,11-12,14-15H,7-10H2,1H3,(H,20,21,23). The Kier molecular flexibility index (Phi) is 4.61. The second-order valence-corrected chi connectivity index (χ2v) is 8.68. The van der Waals surface area contributed by atoms with Gasteiger partial charge in [0.25, 0.3) is 5.91 Å². The maximum atomic E-state index is 13.1. The first-order valence-electron chi connectivity index (χ1n) is 8.94. The number of fused-ring (bicyclic) bond motifs is 2. The molecule has 8 heteroatoms. The fraction of sp³-hybridized carbons (Fsp3) is 0.368. The third kappa shape index (κ3) is 3.19. The molecule has 1 aromatic heterocycles. The summed E-state index contributed by atoms with van der Waals surface area (Å²) in [7, 11) is -2.11. The van der Waals surface area contributed by atoms with E-state index < -0.39 is 15.9 Å². The van der Waals surface area contributed by atoms with Crippen LogP contribution in [0.15, 0.2) is 47.5 Å². The maximum Gasteiger partial charge on any atom is 0.256 e. The van der Waals surface area contributed by atoms with Crippen molar-refractivity contribution in [2.24, 2.45) is 0 Å². The van der Waals surface area contributed by atoms with Gasteiger partial charge in [-0.25, -0.2) is 13.4 Å². The number of rotatable bonds is 5. The Morgan fingerprint density at radius 2 is 1.85 bits per heavy atom.